The Bertz CT molecular complexity index is 1240. The molecule has 176 valence electrons. The molecule has 34 heavy (non-hydrogen) atoms. The average molecular weight is 463 g/mol. The van der Waals surface area contributed by atoms with Gasteiger partial charge in [-0.25, -0.2) is 10.5 Å². The van der Waals surface area contributed by atoms with Gasteiger partial charge < -0.3 is 15.6 Å². The third-order valence-corrected chi connectivity index (χ3v) is 5.29. The molecule has 0 radical (unpaired) electrons. The van der Waals surface area contributed by atoms with Crippen molar-refractivity contribution in [3.05, 3.63) is 48.9 Å². The fraction of sp³-hybridized carbons (Fsp3) is 0.261. The molecule has 11 heteroatoms. The van der Waals surface area contributed by atoms with E-state index in [0.717, 1.165) is 41.6 Å². The van der Waals surface area contributed by atoms with Crippen LogP contribution in [0.2, 0.25) is 0 Å². The summed E-state index contributed by atoms with van der Waals surface area (Å²) in [6.45, 7) is 0. The summed E-state index contributed by atoms with van der Waals surface area (Å²) in [5.74, 6) is 0.00370. The van der Waals surface area contributed by atoms with Gasteiger partial charge in [0.05, 0.1) is 11.9 Å². The first kappa shape index (κ1) is 22.9. The molecule has 0 saturated carbocycles. The number of benzene rings is 1. The number of hydrogen-bond acceptors (Lipinski definition) is 7. The summed E-state index contributed by atoms with van der Waals surface area (Å²) in [4.78, 5) is 35.4. The van der Waals surface area contributed by atoms with Gasteiger partial charge in [0.2, 0.25) is 17.8 Å². The Hall–Kier alpha value is -4.25. The van der Waals surface area contributed by atoms with Crippen molar-refractivity contribution in [2.24, 2.45) is 0 Å². The lowest BCUT2D eigenvalue weighted by Crippen LogP contribution is -2.17. The molecule has 0 bridgehead atoms. The first-order valence-electron chi connectivity index (χ1n) is 11.1. The van der Waals surface area contributed by atoms with Crippen molar-refractivity contribution < 1.29 is 14.8 Å². The van der Waals surface area contributed by atoms with Crippen LogP contribution < -0.4 is 16.1 Å². The van der Waals surface area contributed by atoms with Crippen LogP contribution in [0.4, 0.5) is 17.3 Å². The summed E-state index contributed by atoms with van der Waals surface area (Å²) >= 11 is 0. The molecular weight excluding hydrogens is 436 g/mol. The topological polar surface area (TPSA) is 161 Å². The number of unbranched alkanes of at least 4 members (excludes halogenated alkanes) is 3. The quantitative estimate of drug-likeness (QED) is 0.112. The van der Waals surface area contributed by atoms with Crippen LogP contribution >= 0.6 is 0 Å². The molecule has 0 saturated heterocycles. The van der Waals surface area contributed by atoms with Crippen molar-refractivity contribution in [2.45, 2.75) is 38.5 Å². The van der Waals surface area contributed by atoms with Gasteiger partial charge in [0, 0.05) is 47.6 Å². The molecule has 3 aromatic heterocycles. The number of nitrogens with one attached hydrogen (secondary N) is 5. The number of hydrogen-bond donors (Lipinski definition) is 6. The molecular formula is C23H26N8O3. The Morgan fingerprint density at radius 1 is 0.912 bits per heavy atom. The van der Waals surface area contributed by atoms with Gasteiger partial charge in [0.25, 0.3) is 0 Å². The molecule has 0 unspecified atom stereocenters. The predicted octanol–water partition coefficient (Wildman–Crippen LogP) is 3.88. The molecule has 11 nitrogen and oxygen atoms in total. The number of hydroxylamine groups is 1. The molecule has 0 aliphatic heterocycles. The largest absolute Gasteiger partial charge is 0.346 e. The highest BCUT2D eigenvalue weighted by molar-refractivity contribution is 5.92. The molecule has 6 N–H and O–H groups in total. The second kappa shape index (κ2) is 11.1. The highest BCUT2D eigenvalue weighted by Crippen LogP contribution is 2.27. The van der Waals surface area contributed by atoms with Gasteiger partial charge in [-0.2, -0.15) is 10.1 Å². The Balaban J connectivity index is 1.29. The van der Waals surface area contributed by atoms with Gasteiger partial charge in [0.15, 0.2) is 0 Å². The van der Waals surface area contributed by atoms with Crippen LogP contribution in [0.25, 0.3) is 22.3 Å². The summed E-state index contributed by atoms with van der Waals surface area (Å²) in [7, 11) is 0. The molecule has 0 spiro atoms. The van der Waals surface area contributed by atoms with E-state index in [0.29, 0.717) is 30.1 Å². The van der Waals surface area contributed by atoms with Crippen LogP contribution in [-0.4, -0.2) is 42.2 Å². The number of amides is 2. The average Bonchev–Trinajstić information content (AvgIpc) is 3.54. The van der Waals surface area contributed by atoms with Crippen LogP contribution in [0.3, 0.4) is 0 Å². The van der Waals surface area contributed by atoms with E-state index in [4.69, 9.17) is 5.21 Å². The van der Waals surface area contributed by atoms with Crippen LogP contribution in [0.15, 0.2) is 48.9 Å². The van der Waals surface area contributed by atoms with E-state index < -0.39 is 0 Å². The van der Waals surface area contributed by atoms with Crippen LogP contribution in [0, 0.1) is 0 Å². The zero-order valence-corrected chi connectivity index (χ0v) is 18.5. The van der Waals surface area contributed by atoms with Crippen molar-refractivity contribution in [1.82, 2.24) is 30.6 Å². The molecule has 3 heterocycles. The van der Waals surface area contributed by atoms with Gasteiger partial charge in [-0.3, -0.25) is 19.9 Å². The first-order chi connectivity index (χ1) is 16.6. The number of aromatic nitrogens is 5. The third kappa shape index (κ3) is 5.95. The van der Waals surface area contributed by atoms with E-state index in [1.807, 2.05) is 36.5 Å². The molecule has 1 aromatic carbocycles. The molecule has 2 amide bonds. The maximum atomic E-state index is 12.2. The van der Waals surface area contributed by atoms with Gasteiger partial charge in [-0.05, 0) is 43.2 Å². The summed E-state index contributed by atoms with van der Waals surface area (Å²) in [6.07, 6.45) is 9.12. The maximum absolute atomic E-state index is 12.2. The summed E-state index contributed by atoms with van der Waals surface area (Å²) in [5, 5.41) is 22.3. The highest BCUT2D eigenvalue weighted by Gasteiger charge is 2.12. The number of carbonyl (C=O) groups is 2. The van der Waals surface area contributed by atoms with E-state index in [1.54, 1.807) is 17.9 Å². The lowest BCUT2D eigenvalue weighted by molar-refractivity contribution is -0.129. The van der Waals surface area contributed by atoms with E-state index in [2.05, 4.69) is 35.8 Å². The van der Waals surface area contributed by atoms with Gasteiger partial charge in [-0.15, -0.1) is 0 Å². The zero-order chi connectivity index (χ0) is 23.8. The lowest BCUT2D eigenvalue weighted by atomic mass is 10.1. The molecule has 0 aliphatic rings. The fourth-order valence-electron chi connectivity index (χ4n) is 3.57. The summed E-state index contributed by atoms with van der Waals surface area (Å²) in [6, 6.07) is 9.26. The summed E-state index contributed by atoms with van der Waals surface area (Å²) < 4.78 is 0. The number of fused-ring (bicyclic) bond motifs is 1. The van der Waals surface area contributed by atoms with Gasteiger partial charge in [-0.1, -0.05) is 12.8 Å². The van der Waals surface area contributed by atoms with Crippen molar-refractivity contribution >= 4 is 40.2 Å². The zero-order valence-electron chi connectivity index (χ0n) is 18.5. The first-order valence-corrected chi connectivity index (χ1v) is 11.1. The second-order valence-electron chi connectivity index (χ2n) is 7.82. The van der Waals surface area contributed by atoms with E-state index in [1.165, 1.54) is 0 Å². The predicted molar refractivity (Wildman–Crippen MR) is 127 cm³/mol. The number of anilines is 3. The van der Waals surface area contributed by atoms with Crippen molar-refractivity contribution in [3.63, 3.8) is 0 Å². The van der Waals surface area contributed by atoms with Crippen LogP contribution in [-0.2, 0) is 9.59 Å². The number of rotatable bonds is 11. The van der Waals surface area contributed by atoms with Gasteiger partial charge >= 0.3 is 0 Å². The van der Waals surface area contributed by atoms with Crippen LogP contribution in [0.1, 0.15) is 38.5 Å². The van der Waals surface area contributed by atoms with Crippen molar-refractivity contribution in [3.8, 4) is 11.3 Å². The van der Waals surface area contributed by atoms with Gasteiger partial charge in [0.1, 0.15) is 5.65 Å². The van der Waals surface area contributed by atoms with Crippen molar-refractivity contribution in [2.75, 3.05) is 10.6 Å². The minimum absolute atomic E-state index is 0.0564. The Morgan fingerprint density at radius 2 is 1.65 bits per heavy atom. The number of aromatic amines is 2. The smallest absolute Gasteiger partial charge is 0.243 e. The monoisotopic (exact) mass is 462 g/mol. The minimum atomic E-state index is -0.384. The number of nitrogens with zero attached hydrogens (tertiary/aromatic N) is 3. The van der Waals surface area contributed by atoms with E-state index in [9.17, 15) is 9.59 Å². The maximum Gasteiger partial charge on any atom is 0.243 e. The van der Waals surface area contributed by atoms with E-state index in [-0.39, 0.29) is 18.2 Å². The minimum Gasteiger partial charge on any atom is -0.346 e. The van der Waals surface area contributed by atoms with E-state index >= 15 is 0 Å². The second-order valence-corrected chi connectivity index (χ2v) is 7.82. The Morgan fingerprint density at radius 3 is 2.35 bits per heavy atom. The SMILES string of the molecule is O=C(CCCCCCC(=O)Nc1ccc(Nc2nc(-c3cn[nH]c3)c3cc[nH]c3n2)cc1)NO. The Labute approximate surface area is 195 Å². The van der Waals surface area contributed by atoms with Crippen LogP contribution in [0.5, 0.6) is 0 Å². The normalized spacial score (nSPS) is 10.9. The highest BCUT2D eigenvalue weighted by atomic mass is 16.5. The summed E-state index contributed by atoms with van der Waals surface area (Å²) in [5.41, 5.74) is 5.45. The van der Waals surface area contributed by atoms with Crippen molar-refractivity contribution in [1.29, 1.82) is 0 Å². The molecule has 4 rings (SSSR count). The molecule has 0 fully saturated rings. The third-order valence-electron chi connectivity index (χ3n) is 5.29. The molecule has 0 atom stereocenters. The lowest BCUT2D eigenvalue weighted by Gasteiger charge is -2.09. The molecule has 0 aliphatic carbocycles. The number of H-pyrrole nitrogens is 2. The standard InChI is InChI=1S/C23H26N8O3/c32-19(5-3-1-2-4-6-20(33)31-34)27-16-7-9-17(10-8-16)28-23-29-21(15-13-25-26-14-15)18-11-12-24-22(18)30-23/h7-14,34H,1-6H2,(H,25,26)(H,27,32)(H,31,33)(H2,24,28,29,30). The Kier molecular flexibility index (Phi) is 7.45. The molecule has 4 aromatic rings. The fourth-order valence-corrected chi connectivity index (χ4v) is 3.57. The number of carbonyl (C=O) groups excluding carboxylic acids is 2.